The Labute approximate surface area is 101 Å². The van der Waals surface area contributed by atoms with Crippen LogP contribution in [0, 0.1) is 0 Å². The number of hydrogen-bond acceptors (Lipinski definition) is 3. The van der Waals surface area contributed by atoms with Gasteiger partial charge < -0.3 is 15.4 Å². The molecule has 0 fully saturated rings. The second kappa shape index (κ2) is 11.4. The summed E-state index contributed by atoms with van der Waals surface area (Å²) in [5.41, 5.74) is 5.45. The van der Waals surface area contributed by atoms with E-state index in [9.17, 15) is 0 Å². The fourth-order valence-electron chi connectivity index (χ4n) is 1.61. The van der Waals surface area contributed by atoms with Crippen molar-refractivity contribution in [2.75, 3.05) is 33.3 Å². The summed E-state index contributed by atoms with van der Waals surface area (Å²) >= 11 is 0. The SMILES string of the molecule is CC(C)OCCN(C)CCCCCCCN. The second-order valence-corrected chi connectivity index (χ2v) is 4.78. The molecule has 0 saturated carbocycles. The van der Waals surface area contributed by atoms with Gasteiger partial charge in [-0.15, -0.1) is 0 Å². The van der Waals surface area contributed by atoms with E-state index in [1.54, 1.807) is 0 Å². The van der Waals surface area contributed by atoms with E-state index in [2.05, 4.69) is 25.8 Å². The van der Waals surface area contributed by atoms with Gasteiger partial charge in [-0.1, -0.05) is 19.3 Å². The van der Waals surface area contributed by atoms with Crippen LogP contribution in [0.3, 0.4) is 0 Å². The Bertz CT molecular complexity index is 140. The maximum atomic E-state index is 5.52. The van der Waals surface area contributed by atoms with Gasteiger partial charge in [-0.3, -0.25) is 0 Å². The summed E-state index contributed by atoms with van der Waals surface area (Å²) in [6.07, 6.45) is 6.77. The molecule has 2 N–H and O–H groups in total. The summed E-state index contributed by atoms with van der Waals surface area (Å²) in [5, 5.41) is 0. The van der Waals surface area contributed by atoms with Crippen LogP contribution in [0.25, 0.3) is 0 Å². The van der Waals surface area contributed by atoms with Gasteiger partial charge in [0.25, 0.3) is 0 Å². The molecule has 0 spiro atoms. The molecule has 16 heavy (non-hydrogen) atoms. The second-order valence-electron chi connectivity index (χ2n) is 4.78. The van der Waals surface area contributed by atoms with Gasteiger partial charge in [-0.05, 0) is 46.8 Å². The number of unbranched alkanes of at least 4 members (excludes halogenated alkanes) is 4. The lowest BCUT2D eigenvalue weighted by molar-refractivity contribution is 0.0636. The van der Waals surface area contributed by atoms with Crippen LogP contribution in [0.2, 0.25) is 0 Å². The van der Waals surface area contributed by atoms with Crippen LogP contribution in [0.4, 0.5) is 0 Å². The number of likely N-dealkylation sites (N-methyl/N-ethyl adjacent to an activating group) is 1. The Hall–Kier alpha value is -0.120. The van der Waals surface area contributed by atoms with Crippen molar-refractivity contribution in [3.05, 3.63) is 0 Å². The first-order chi connectivity index (χ1) is 7.66. The molecule has 0 saturated heterocycles. The van der Waals surface area contributed by atoms with Gasteiger partial charge in [0.15, 0.2) is 0 Å². The molecule has 0 amide bonds. The first-order valence-corrected chi connectivity index (χ1v) is 6.67. The molecule has 0 aromatic heterocycles. The standard InChI is InChI=1S/C13H30N2O/c1-13(2)16-12-11-15(3)10-8-6-4-5-7-9-14/h13H,4-12,14H2,1-3H3. The first kappa shape index (κ1) is 15.9. The minimum atomic E-state index is 0.352. The van der Waals surface area contributed by atoms with Crippen molar-refractivity contribution < 1.29 is 4.74 Å². The smallest absolute Gasteiger partial charge is 0.0596 e. The van der Waals surface area contributed by atoms with E-state index in [0.717, 1.165) is 19.7 Å². The normalized spacial score (nSPS) is 11.6. The van der Waals surface area contributed by atoms with Crippen molar-refractivity contribution in [3.63, 3.8) is 0 Å². The van der Waals surface area contributed by atoms with Crippen molar-refractivity contribution in [3.8, 4) is 0 Å². The highest BCUT2D eigenvalue weighted by Gasteiger charge is 1.99. The van der Waals surface area contributed by atoms with Crippen LogP contribution < -0.4 is 5.73 Å². The molecule has 3 heteroatoms. The Balaban J connectivity index is 3.14. The molecule has 0 rings (SSSR count). The Morgan fingerprint density at radius 1 is 1.00 bits per heavy atom. The molecule has 3 nitrogen and oxygen atoms in total. The summed E-state index contributed by atoms with van der Waals surface area (Å²) in [5.74, 6) is 0. The molecule has 0 aromatic rings. The lowest BCUT2D eigenvalue weighted by atomic mass is 10.1. The van der Waals surface area contributed by atoms with Gasteiger partial charge in [0.2, 0.25) is 0 Å². The average molecular weight is 230 g/mol. The average Bonchev–Trinajstić information content (AvgIpc) is 2.22. The predicted molar refractivity (Wildman–Crippen MR) is 70.7 cm³/mol. The maximum absolute atomic E-state index is 5.52. The molecule has 0 aliphatic heterocycles. The molecule has 0 bridgehead atoms. The van der Waals surface area contributed by atoms with Crippen molar-refractivity contribution in [1.82, 2.24) is 4.90 Å². The Morgan fingerprint density at radius 2 is 1.62 bits per heavy atom. The monoisotopic (exact) mass is 230 g/mol. The van der Waals surface area contributed by atoms with E-state index in [1.165, 1.54) is 38.6 Å². The zero-order chi connectivity index (χ0) is 12.2. The molecule has 0 aromatic carbocycles. The van der Waals surface area contributed by atoms with E-state index in [1.807, 2.05) is 0 Å². The Morgan fingerprint density at radius 3 is 2.25 bits per heavy atom. The lowest BCUT2D eigenvalue weighted by Crippen LogP contribution is -2.25. The van der Waals surface area contributed by atoms with E-state index >= 15 is 0 Å². The molecular formula is C13H30N2O. The van der Waals surface area contributed by atoms with Gasteiger partial charge in [-0.2, -0.15) is 0 Å². The first-order valence-electron chi connectivity index (χ1n) is 6.67. The fourth-order valence-corrected chi connectivity index (χ4v) is 1.61. The maximum Gasteiger partial charge on any atom is 0.0596 e. The van der Waals surface area contributed by atoms with Gasteiger partial charge in [0, 0.05) is 6.54 Å². The summed E-state index contributed by atoms with van der Waals surface area (Å²) in [6, 6.07) is 0. The van der Waals surface area contributed by atoms with E-state index < -0.39 is 0 Å². The quantitative estimate of drug-likeness (QED) is 0.553. The van der Waals surface area contributed by atoms with Crippen LogP contribution in [0.15, 0.2) is 0 Å². The minimum absolute atomic E-state index is 0.352. The predicted octanol–water partition coefficient (Wildman–Crippen LogP) is 2.25. The number of ether oxygens (including phenoxy) is 1. The van der Waals surface area contributed by atoms with Crippen molar-refractivity contribution >= 4 is 0 Å². The van der Waals surface area contributed by atoms with Crippen molar-refractivity contribution in [2.24, 2.45) is 5.73 Å². The molecule has 98 valence electrons. The molecule has 0 aliphatic carbocycles. The summed E-state index contributed by atoms with van der Waals surface area (Å²) in [4.78, 5) is 2.35. The highest BCUT2D eigenvalue weighted by Crippen LogP contribution is 2.03. The topological polar surface area (TPSA) is 38.5 Å². The molecule has 0 aliphatic rings. The van der Waals surface area contributed by atoms with E-state index in [4.69, 9.17) is 10.5 Å². The van der Waals surface area contributed by atoms with Gasteiger partial charge in [-0.25, -0.2) is 0 Å². The van der Waals surface area contributed by atoms with Crippen LogP contribution in [-0.4, -0.2) is 44.3 Å². The molecule has 0 heterocycles. The summed E-state index contributed by atoms with van der Waals surface area (Å²) < 4.78 is 5.52. The van der Waals surface area contributed by atoms with Crippen molar-refractivity contribution in [1.29, 1.82) is 0 Å². The third-order valence-electron chi connectivity index (χ3n) is 2.67. The van der Waals surface area contributed by atoms with Crippen molar-refractivity contribution in [2.45, 2.75) is 52.1 Å². The highest BCUT2D eigenvalue weighted by molar-refractivity contribution is 4.53. The summed E-state index contributed by atoms with van der Waals surface area (Å²) in [6.45, 7) is 8.08. The third-order valence-corrected chi connectivity index (χ3v) is 2.67. The van der Waals surface area contributed by atoms with Crippen LogP contribution in [0.5, 0.6) is 0 Å². The van der Waals surface area contributed by atoms with Gasteiger partial charge in [0.05, 0.1) is 12.7 Å². The number of rotatable bonds is 11. The van der Waals surface area contributed by atoms with Gasteiger partial charge in [0.1, 0.15) is 0 Å². The largest absolute Gasteiger partial charge is 0.377 e. The third kappa shape index (κ3) is 12.0. The molecular weight excluding hydrogens is 200 g/mol. The number of nitrogens with two attached hydrogens (primary N) is 1. The van der Waals surface area contributed by atoms with Crippen LogP contribution in [-0.2, 0) is 4.74 Å². The lowest BCUT2D eigenvalue weighted by Gasteiger charge is -2.17. The van der Waals surface area contributed by atoms with Crippen LogP contribution >= 0.6 is 0 Å². The molecule has 0 radical (unpaired) electrons. The van der Waals surface area contributed by atoms with Gasteiger partial charge >= 0.3 is 0 Å². The van der Waals surface area contributed by atoms with E-state index in [0.29, 0.717) is 6.10 Å². The molecule has 0 atom stereocenters. The minimum Gasteiger partial charge on any atom is -0.377 e. The number of nitrogens with zero attached hydrogens (tertiary/aromatic N) is 1. The highest BCUT2D eigenvalue weighted by atomic mass is 16.5. The fraction of sp³-hybridized carbons (Fsp3) is 1.00. The van der Waals surface area contributed by atoms with Crippen LogP contribution in [0.1, 0.15) is 46.0 Å². The Kier molecular flexibility index (Phi) is 11.3. The zero-order valence-electron chi connectivity index (χ0n) is 11.4. The molecule has 0 unspecified atom stereocenters. The summed E-state index contributed by atoms with van der Waals surface area (Å²) in [7, 11) is 2.17. The number of hydrogen-bond donors (Lipinski definition) is 1. The van der Waals surface area contributed by atoms with E-state index in [-0.39, 0.29) is 0 Å². The zero-order valence-corrected chi connectivity index (χ0v) is 11.4.